The molecule has 15 heavy (non-hydrogen) atoms. The van der Waals surface area contributed by atoms with Crippen LogP contribution in [0.15, 0.2) is 29.3 Å². The van der Waals surface area contributed by atoms with E-state index in [1.54, 1.807) is 24.3 Å². The van der Waals surface area contributed by atoms with Gasteiger partial charge in [0.15, 0.2) is 0 Å². The van der Waals surface area contributed by atoms with E-state index in [2.05, 4.69) is 4.99 Å². The molecule has 1 aromatic rings. The molecule has 0 fully saturated rings. The van der Waals surface area contributed by atoms with Crippen LogP contribution in [-0.4, -0.2) is 27.7 Å². The number of aliphatic carboxylic acids is 2. The molecular formula is C10H7NO4. The second-order valence-corrected chi connectivity index (χ2v) is 3.19. The summed E-state index contributed by atoms with van der Waals surface area (Å²) in [7, 11) is 0. The highest BCUT2D eigenvalue weighted by Gasteiger charge is 2.46. The van der Waals surface area contributed by atoms with E-state index in [4.69, 9.17) is 10.2 Å². The first kappa shape index (κ1) is 9.39. The van der Waals surface area contributed by atoms with E-state index < -0.39 is 17.5 Å². The van der Waals surface area contributed by atoms with Crippen molar-refractivity contribution in [3.8, 4) is 0 Å². The van der Waals surface area contributed by atoms with Crippen molar-refractivity contribution in [2.24, 2.45) is 4.99 Å². The molecule has 1 aliphatic rings. The van der Waals surface area contributed by atoms with Crippen molar-refractivity contribution in [1.29, 1.82) is 0 Å². The Morgan fingerprint density at radius 1 is 1.13 bits per heavy atom. The number of nitrogens with zero attached hydrogens (tertiary/aromatic N) is 1. The fraction of sp³-hybridized carbons (Fsp3) is 0.100. The summed E-state index contributed by atoms with van der Waals surface area (Å²) >= 11 is 0. The lowest BCUT2D eigenvalue weighted by Crippen LogP contribution is -2.42. The van der Waals surface area contributed by atoms with Crippen LogP contribution in [0.1, 0.15) is 0 Å². The van der Waals surface area contributed by atoms with Crippen LogP contribution in [0.4, 0.5) is 0 Å². The van der Waals surface area contributed by atoms with Crippen LogP contribution >= 0.6 is 0 Å². The Balaban J connectivity index is 2.75. The summed E-state index contributed by atoms with van der Waals surface area (Å²) in [6.07, 6.45) is 1.15. The lowest BCUT2D eigenvalue weighted by atomic mass is 10.0. The summed E-state index contributed by atoms with van der Waals surface area (Å²) in [5.74, 6) is -2.96. The van der Waals surface area contributed by atoms with Gasteiger partial charge < -0.3 is 10.2 Å². The first-order valence-electron chi connectivity index (χ1n) is 4.21. The van der Waals surface area contributed by atoms with Gasteiger partial charge in [-0.1, -0.05) is 18.2 Å². The Labute approximate surface area is 84.0 Å². The van der Waals surface area contributed by atoms with Gasteiger partial charge in [-0.15, -0.1) is 0 Å². The molecule has 5 heteroatoms. The number of benzene rings is 1. The molecule has 0 aliphatic carbocycles. The van der Waals surface area contributed by atoms with Gasteiger partial charge in [0.1, 0.15) is 0 Å². The second-order valence-electron chi connectivity index (χ2n) is 3.19. The van der Waals surface area contributed by atoms with Crippen molar-refractivity contribution in [2.45, 2.75) is 5.54 Å². The first-order chi connectivity index (χ1) is 7.06. The van der Waals surface area contributed by atoms with Crippen molar-refractivity contribution in [2.75, 3.05) is 0 Å². The minimum absolute atomic E-state index is 0.391. The Bertz CT molecular complexity index is 510. The van der Waals surface area contributed by atoms with Crippen molar-refractivity contribution < 1.29 is 19.8 Å². The van der Waals surface area contributed by atoms with E-state index in [0.29, 0.717) is 10.6 Å². The quantitative estimate of drug-likeness (QED) is 0.607. The SMILES string of the molecule is O=C(O)C1(C(=O)O)C=c2ccccc2=N1. The highest BCUT2D eigenvalue weighted by Crippen LogP contribution is 2.15. The summed E-state index contributed by atoms with van der Waals surface area (Å²) in [6, 6.07) is 6.59. The van der Waals surface area contributed by atoms with Gasteiger partial charge >= 0.3 is 11.9 Å². The van der Waals surface area contributed by atoms with Crippen LogP contribution in [0, 0.1) is 0 Å². The van der Waals surface area contributed by atoms with Crippen molar-refractivity contribution in [3.05, 3.63) is 34.8 Å². The van der Waals surface area contributed by atoms with E-state index in [1.165, 1.54) is 0 Å². The van der Waals surface area contributed by atoms with E-state index in [0.717, 1.165) is 6.08 Å². The lowest BCUT2D eigenvalue weighted by molar-refractivity contribution is -0.152. The molecule has 0 saturated heterocycles. The Kier molecular flexibility index (Phi) is 1.82. The third-order valence-corrected chi connectivity index (χ3v) is 2.25. The van der Waals surface area contributed by atoms with E-state index in [9.17, 15) is 9.59 Å². The number of carboxylic acid groups (broad SMARTS) is 2. The molecule has 2 N–H and O–H groups in total. The maximum absolute atomic E-state index is 10.9. The van der Waals surface area contributed by atoms with Crippen LogP contribution in [-0.2, 0) is 9.59 Å². The molecule has 0 aromatic heterocycles. The zero-order valence-electron chi connectivity index (χ0n) is 7.54. The van der Waals surface area contributed by atoms with E-state index >= 15 is 0 Å². The number of hydrogen-bond acceptors (Lipinski definition) is 3. The summed E-state index contributed by atoms with van der Waals surface area (Å²) < 4.78 is 0. The van der Waals surface area contributed by atoms with Crippen LogP contribution < -0.4 is 10.6 Å². The predicted molar refractivity (Wildman–Crippen MR) is 49.7 cm³/mol. The van der Waals surface area contributed by atoms with Gasteiger partial charge in [-0.05, 0) is 17.4 Å². The largest absolute Gasteiger partial charge is 0.479 e. The predicted octanol–water partition coefficient (Wildman–Crippen LogP) is -0.992. The number of carbonyl (C=O) groups is 2. The molecule has 1 heterocycles. The van der Waals surface area contributed by atoms with Gasteiger partial charge in [-0.3, -0.25) is 4.99 Å². The molecule has 0 amide bonds. The molecule has 0 radical (unpaired) electrons. The van der Waals surface area contributed by atoms with Gasteiger partial charge in [-0.2, -0.15) is 0 Å². The van der Waals surface area contributed by atoms with E-state index in [-0.39, 0.29) is 0 Å². The van der Waals surface area contributed by atoms with Crippen LogP contribution in [0.3, 0.4) is 0 Å². The lowest BCUT2D eigenvalue weighted by Gasteiger charge is -2.11. The molecule has 5 nitrogen and oxygen atoms in total. The number of hydrogen-bond donors (Lipinski definition) is 2. The molecule has 1 aromatic carbocycles. The molecule has 0 bridgehead atoms. The standard InChI is InChI=1S/C10H7NO4/c12-8(13)10(9(14)15)5-6-3-1-2-4-7(6)11-10/h1-5H,(H,12,13)(H,14,15). The molecule has 0 atom stereocenters. The minimum atomic E-state index is -2.16. The highest BCUT2D eigenvalue weighted by atomic mass is 16.4. The Hall–Kier alpha value is -2.17. The number of carboxylic acids is 2. The van der Waals surface area contributed by atoms with Crippen LogP contribution in [0.25, 0.3) is 6.08 Å². The van der Waals surface area contributed by atoms with Crippen molar-refractivity contribution >= 4 is 18.0 Å². The molecule has 1 aliphatic heterocycles. The van der Waals surface area contributed by atoms with Gasteiger partial charge in [0.05, 0.1) is 5.36 Å². The fourth-order valence-electron chi connectivity index (χ4n) is 1.47. The average molecular weight is 205 g/mol. The van der Waals surface area contributed by atoms with Crippen LogP contribution in [0.5, 0.6) is 0 Å². The Morgan fingerprint density at radius 2 is 1.73 bits per heavy atom. The summed E-state index contributed by atoms with van der Waals surface area (Å²) in [6.45, 7) is 0. The zero-order valence-corrected chi connectivity index (χ0v) is 7.54. The maximum Gasteiger partial charge on any atom is 0.347 e. The summed E-state index contributed by atoms with van der Waals surface area (Å²) in [5, 5.41) is 18.7. The first-order valence-corrected chi connectivity index (χ1v) is 4.21. The highest BCUT2D eigenvalue weighted by molar-refractivity contribution is 6.11. The topological polar surface area (TPSA) is 87.0 Å². The Morgan fingerprint density at radius 3 is 2.27 bits per heavy atom. The average Bonchev–Trinajstić information content (AvgIpc) is 2.57. The molecule has 2 rings (SSSR count). The maximum atomic E-state index is 10.9. The monoisotopic (exact) mass is 205 g/mol. The normalized spacial score (nSPS) is 16.0. The molecular weight excluding hydrogens is 198 g/mol. The number of rotatable bonds is 2. The summed E-state index contributed by atoms with van der Waals surface area (Å²) in [5.41, 5.74) is -2.16. The van der Waals surface area contributed by atoms with Crippen molar-refractivity contribution in [1.82, 2.24) is 0 Å². The molecule has 76 valence electrons. The summed E-state index contributed by atoms with van der Waals surface area (Å²) in [4.78, 5) is 25.6. The number of fused-ring (bicyclic) bond motifs is 1. The third-order valence-electron chi connectivity index (χ3n) is 2.25. The smallest absolute Gasteiger partial charge is 0.347 e. The molecule has 0 spiro atoms. The molecule has 0 saturated carbocycles. The molecule has 0 unspecified atom stereocenters. The van der Waals surface area contributed by atoms with Crippen molar-refractivity contribution in [3.63, 3.8) is 0 Å². The van der Waals surface area contributed by atoms with E-state index in [1.807, 2.05) is 0 Å². The third kappa shape index (κ3) is 1.20. The number of para-hydroxylation sites is 1. The van der Waals surface area contributed by atoms with Gasteiger partial charge in [0.25, 0.3) is 5.54 Å². The zero-order chi connectivity index (χ0) is 11.1. The van der Waals surface area contributed by atoms with Gasteiger partial charge in [-0.25, -0.2) is 9.59 Å². The van der Waals surface area contributed by atoms with Gasteiger partial charge in [0, 0.05) is 0 Å². The second kappa shape index (κ2) is 2.91. The fourth-order valence-corrected chi connectivity index (χ4v) is 1.47. The van der Waals surface area contributed by atoms with Crippen LogP contribution in [0.2, 0.25) is 0 Å². The minimum Gasteiger partial charge on any atom is -0.479 e. The van der Waals surface area contributed by atoms with Gasteiger partial charge in [0.2, 0.25) is 0 Å².